The lowest BCUT2D eigenvalue weighted by Crippen LogP contribution is -1.97. The molecule has 0 amide bonds. The summed E-state index contributed by atoms with van der Waals surface area (Å²) in [5.41, 5.74) is 0.912. The summed E-state index contributed by atoms with van der Waals surface area (Å²) in [6.45, 7) is 0. The summed E-state index contributed by atoms with van der Waals surface area (Å²) >= 11 is 19.5. The number of halogens is 3. The van der Waals surface area contributed by atoms with Crippen molar-refractivity contribution in [1.82, 2.24) is 0 Å². The molecule has 0 aliphatic carbocycles. The third kappa shape index (κ3) is 3.61. The first-order chi connectivity index (χ1) is 9.49. The molecule has 0 saturated heterocycles. The molecule has 0 unspecified atom stereocenters. The van der Waals surface area contributed by atoms with Gasteiger partial charge in [0.15, 0.2) is 0 Å². The molecular formula is C14H9Cl3O2S. The lowest BCUT2D eigenvalue weighted by molar-refractivity contribution is 0.0697. The van der Waals surface area contributed by atoms with E-state index in [4.69, 9.17) is 39.9 Å². The van der Waals surface area contributed by atoms with Crippen LogP contribution in [0.1, 0.15) is 15.9 Å². The number of carbonyl (C=O) groups is 1. The molecule has 0 radical (unpaired) electrons. The van der Waals surface area contributed by atoms with Crippen LogP contribution in [-0.2, 0) is 5.75 Å². The van der Waals surface area contributed by atoms with E-state index in [2.05, 4.69) is 0 Å². The summed E-state index contributed by atoms with van der Waals surface area (Å²) in [4.78, 5) is 11.8. The van der Waals surface area contributed by atoms with Crippen LogP contribution >= 0.6 is 46.6 Å². The van der Waals surface area contributed by atoms with Gasteiger partial charge in [-0.1, -0.05) is 40.9 Å². The van der Waals surface area contributed by atoms with Crippen LogP contribution in [-0.4, -0.2) is 11.1 Å². The highest BCUT2D eigenvalue weighted by molar-refractivity contribution is 7.98. The van der Waals surface area contributed by atoms with Crippen LogP contribution < -0.4 is 0 Å². The summed E-state index contributed by atoms with van der Waals surface area (Å²) in [6.07, 6.45) is 0. The minimum atomic E-state index is -1.05. The quantitative estimate of drug-likeness (QED) is 0.727. The van der Waals surface area contributed by atoms with Crippen molar-refractivity contribution in [3.05, 3.63) is 62.6 Å². The summed E-state index contributed by atoms with van der Waals surface area (Å²) in [5, 5.41) is 10.4. The van der Waals surface area contributed by atoms with E-state index in [1.165, 1.54) is 11.8 Å². The summed E-state index contributed by atoms with van der Waals surface area (Å²) < 4.78 is 0. The maximum atomic E-state index is 11.0. The number of aromatic carboxylic acids is 1. The second-order valence-corrected chi connectivity index (χ2v) is 6.21. The topological polar surface area (TPSA) is 37.3 Å². The van der Waals surface area contributed by atoms with Gasteiger partial charge in [-0.3, -0.25) is 0 Å². The van der Waals surface area contributed by atoms with E-state index in [0.717, 1.165) is 10.5 Å². The van der Waals surface area contributed by atoms with Gasteiger partial charge in [0.1, 0.15) is 0 Å². The molecular weight excluding hydrogens is 339 g/mol. The van der Waals surface area contributed by atoms with Crippen molar-refractivity contribution in [3.8, 4) is 0 Å². The lowest BCUT2D eigenvalue weighted by Gasteiger charge is -2.08. The normalized spacial score (nSPS) is 10.6. The molecule has 0 aliphatic heterocycles. The van der Waals surface area contributed by atoms with Gasteiger partial charge in [0.05, 0.1) is 10.6 Å². The largest absolute Gasteiger partial charge is 0.478 e. The highest BCUT2D eigenvalue weighted by Gasteiger charge is 2.11. The molecule has 0 atom stereocenters. The van der Waals surface area contributed by atoms with Crippen molar-refractivity contribution in [2.24, 2.45) is 0 Å². The molecule has 1 N–H and O–H groups in total. The van der Waals surface area contributed by atoms with Crippen molar-refractivity contribution in [2.45, 2.75) is 10.6 Å². The molecule has 6 heteroatoms. The lowest BCUT2D eigenvalue weighted by atomic mass is 10.2. The zero-order valence-corrected chi connectivity index (χ0v) is 13.2. The van der Waals surface area contributed by atoms with Gasteiger partial charge < -0.3 is 5.11 Å². The van der Waals surface area contributed by atoms with Crippen molar-refractivity contribution in [3.63, 3.8) is 0 Å². The molecule has 0 spiro atoms. The van der Waals surface area contributed by atoms with Crippen molar-refractivity contribution < 1.29 is 9.90 Å². The smallest absolute Gasteiger partial charge is 0.337 e. The van der Waals surface area contributed by atoms with Crippen LogP contribution in [0.15, 0.2) is 41.3 Å². The molecule has 2 nitrogen and oxygen atoms in total. The number of thioether (sulfide) groups is 1. The molecule has 20 heavy (non-hydrogen) atoms. The average molecular weight is 348 g/mol. The number of carboxylic acids is 1. The highest BCUT2D eigenvalue weighted by Crippen LogP contribution is 2.32. The SMILES string of the molecule is O=C(O)c1cc(SCc2c(Cl)cccc2Cl)ccc1Cl. The molecule has 2 aromatic rings. The molecule has 0 fully saturated rings. The Morgan fingerprint density at radius 1 is 1.05 bits per heavy atom. The minimum absolute atomic E-state index is 0.0851. The average Bonchev–Trinajstić information content (AvgIpc) is 2.39. The maximum Gasteiger partial charge on any atom is 0.337 e. The number of hydrogen-bond donors (Lipinski definition) is 1. The van der Waals surface area contributed by atoms with Crippen LogP contribution in [0.4, 0.5) is 0 Å². The van der Waals surface area contributed by atoms with Gasteiger partial charge in [-0.2, -0.15) is 0 Å². The molecule has 104 valence electrons. The second-order valence-electron chi connectivity index (χ2n) is 3.94. The fourth-order valence-corrected chi connectivity index (χ4v) is 3.46. The molecule has 0 heterocycles. The van der Waals surface area contributed by atoms with E-state index in [1.54, 1.807) is 36.4 Å². The molecule has 0 bridgehead atoms. The minimum Gasteiger partial charge on any atom is -0.478 e. The second kappa shape index (κ2) is 6.72. The maximum absolute atomic E-state index is 11.0. The van der Waals surface area contributed by atoms with Gasteiger partial charge in [0.2, 0.25) is 0 Å². The predicted octanol–water partition coefficient (Wildman–Crippen LogP) is 5.64. The molecule has 0 saturated carbocycles. The van der Waals surface area contributed by atoms with Crippen molar-refractivity contribution in [1.29, 1.82) is 0 Å². The first-order valence-electron chi connectivity index (χ1n) is 5.57. The standard InChI is InChI=1S/C14H9Cl3O2S/c15-11-2-1-3-12(16)10(11)7-20-8-4-5-13(17)9(6-8)14(18)19/h1-6H,7H2,(H,18,19). The number of benzene rings is 2. The van der Waals surface area contributed by atoms with Gasteiger partial charge in [0.25, 0.3) is 0 Å². The molecule has 2 rings (SSSR count). The van der Waals surface area contributed by atoms with E-state index in [9.17, 15) is 4.79 Å². The Balaban J connectivity index is 2.19. The van der Waals surface area contributed by atoms with Crippen LogP contribution in [0.25, 0.3) is 0 Å². The van der Waals surface area contributed by atoms with Crippen molar-refractivity contribution >= 4 is 52.5 Å². The van der Waals surface area contributed by atoms with Gasteiger partial charge in [-0.05, 0) is 35.9 Å². The summed E-state index contributed by atoms with van der Waals surface area (Å²) in [6, 6.07) is 10.2. The van der Waals surface area contributed by atoms with Crippen LogP contribution in [0.5, 0.6) is 0 Å². The first-order valence-corrected chi connectivity index (χ1v) is 7.69. The van der Waals surface area contributed by atoms with Crippen LogP contribution in [0.2, 0.25) is 15.1 Å². The third-order valence-corrected chi connectivity index (χ3v) is 4.67. The van der Waals surface area contributed by atoms with E-state index >= 15 is 0 Å². The van der Waals surface area contributed by atoms with Gasteiger partial charge in [-0.25, -0.2) is 4.79 Å². The monoisotopic (exact) mass is 346 g/mol. The van der Waals surface area contributed by atoms with Crippen molar-refractivity contribution in [2.75, 3.05) is 0 Å². The van der Waals surface area contributed by atoms with E-state index < -0.39 is 5.97 Å². The molecule has 2 aromatic carbocycles. The van der Waals surface area contributed by atoms with Gasteiger partial charge in [-0.15, -0.1) is 11.8 Å². The highest BCUT2D eigenvalue weighted by atomic mass is 35.5. The Morgan fingerprint density at radius 2 is 1.70 bits per heavy atom. The summed E-state index contributed by atoms with van der Waals surface area (Å²) in [7, 11) is 0. The first kappa shape index (κ1) is 15.5. The van der Waals surface area contributed by atoms with Gasteiger partial charge in [0, 0.05) is 20.7 Å². The Hall–Kier alpha value is -0.870. The fourth-order valence-electron chi connectivity index (χ4n) is 1.58. The zero-order valence-electron chi connectivity index (χ0n) is 10.1. The van der Waals surface area contributed by atoms with Crippen LogP contribution in [0.3, 0.4) is 0 Å². The third-order valence-electron chi connectivity index (χ3n) is 2.61. The number of hydrogen-bond acceptors (Lipinski definition) is 2. The number of carboxylic acid groups (broad SMARTS) is 1. The number of rotatable bonds is 4. The molecule has 0 aromatic heterocycles. The van der Waals surface area contributed by atoms with E-state index in [1.807, 2.05) is 0 Å². The Morgan fingerprint density at radius 3 is 2.30 bits per heavy atom. The Labute approximate surface area is 135 Å². The Bertz CT molecular complexity index is 639. The predicted molar refractivity (Wildman–Crippen MR) is 84.4 cm³/mol. The zero-order chi connectivity index (χ0) is 14.7. The summed E-state index contributed by atoms with van der Waals surface area (Å²) in [5.74, 6) is -0.493. The Kier molecular flexibility index (Phi) is 5.22. The van der Waals surface area contributed by atoms with E-state index in [0.29, 0.717) is 15.8 Å². The fraction of sp³-hybridized carbons (Fsp3) is 0.0714. The molecule has 0 aliphatic rings. The van der Waals surface area contributed by atoms with Crippen LogP contribution in [0, 0.1) is 0 Å². The van der Waals surface area contributed by atoms with E-state index in [-0.39, 0.29) is 10.6 Å². The van der Waals surface area contributed by atoms with Gasteiger partial charge >= 0.3 is 5.97 Å².